The molecule has 0 aliphatic rings. The molecule has 0 saturated carbocycles. The van der Waals surface area contributed by atoms with Gasteiger partial charge in [0.25, 0.3) is 0 Å². The molecule has 0 unspecified atom stereocenters. The van der Waals surface area contributed by atoms with Gasteiger partial charge >= 0.3 is 7.82 Å². The van der Waals surface area contributed by atoms with Gasteiger partial charge in [0.2, 0.25) is 0 Å². The molecular weight excluding hydrogens is 331 g/mol. The Morgan fingerprint density at radius 2 is 1.75 bits per heavy atom. The standard InChI is InChI=1S/C17H27O6P/c1-4-21-24(18,22-5-2)23-13-9-12-17(15-19-3)20-14-16-10-7-6-8-11-16/h6-12,17H,4-5,13-15H2,1-3H3/b12-9-/t17-/m0/s1. The molecule has 0 amide bonds. The molecule has 0 aromatic heterocycles. The molecule has 0 fully saturated rings. The highest BCUT2D eigenvalue weighted by molar-refractivity contribution is 7.48. The minimum Gasteiger partial charge on any atom is -0.382 e. The fourth-order valence-corrected chi connectivity index (χ4v) is 3.00. The summed E-state index contributed by atoms with van der Waals surface area (Å²) in [6, 6.07) is 9.88. The zero-order valence-electron chi connectivity index (χ0n) is 14.6. The molecule has 1 rings (SSSR count). The van der Waals surface area contributed by atoms with Gasteiger partial charge in [-0.2, -0.15) is 0 Å². The lowest BCUT2D eigenvalue weighted by Gasteiger charge is -2.16. The van der Waals surface area contributed by atoms with Crippen LogP contribution in [0.15, 0.2) is 42.5 Å². The second-order valence-electron chi connectivity index (χ2n) is 4.80. The summed E-state index contributed by atoms with van der Waals surface area (Å²) in [5.74, 6) is 0. The van der Waals surface area contributed by atoms with Crippen molar-refractivity contribution in [1.82, 2.24) is 0 Å². The Morgan fingerprint density at radius 1 is 1.08 bits per heavy atom. The Labute approximate surface area is 144 Å². The second kappa shape index (κ2) is 12.4. The van der Waals surface area contributed by atoms with Gasteiger partial charge in [0.05, 0.1) is 39.1 Å². The number of rotatable bonds is 13. The van der Waals surface area contributed by atoms with Crippen LogP contribution in [0.1, 0.15) is 19.4 Å². The van der Waals surface area contributed by atoms with E-state index >= 15 is 0 Å². The topological polar surface area (TPSA) is 63.2 Å². The Hall–Kier alpha value is -1.01. The average molecular weight is 358 g/mol. The largest absolute Gasteiger partial charge is 0.475 e. The molecule has 136 valence electrons. The van der Waals surface area contributed by atoms with Crippen LogP contribution in [0.5, 0.6) is 0 Å². The number of ether oxygens (including phenoxy) is 2. The van der Waals surface area contributed by atoms with Crippen molar-refractivity contribution in [2.24, 2.45) is 0 Å². The number of methoxy groups -OCH3 is 1. The number of hydrogen-bond donors (Lipinski definition) is 0. The Morgan fingerprint density at radius 3 is 2.33 bits per heavy atom. The zero-order chi connectivity index (χ0) is 17.7. The molecule has 24 heavy (non-hydrogen) atoms. The van der Waals surface area contributed by atoms with Crippen LogP contribution >= 0.6 is 7.82 Å². The Kier molecular flexibility index (Phi) is 10.8. The van der Waals surface area contributed by atoms with Crippen LogP contribution in [0, 0.1) is 0 Å². The molecule has 1 aromatic carbocycles. The minimum absolute atomic E-state index is 0.103. The van der Waals surface area contributed by atoms with E-state index in [0.29, 0.717) is 13.2 Å². The predicted octanol–water partition coefficient (Wildman–Crippen LogP) is 3.97. The minimum atomic E-state index is -3.48. The maximum Gasteiger partial charge on any atom is 0.475 e. The monoisotopic (exact) mass is 358 g/mol. The highest BCUT2D eigenvalue weighted by Crippen LogP contribution is 2.49. The number of phosphoric ester groups is 1. The fraction of sp³-hybridized carbons (Fsp3) is 0.529. The molecule has 7 heteroatoms. The number of phosphoric acid groups is 1. The molecular formula is C17H27O6P. The van der Waals surface area contributed by atoms with E-state index < -0.39 is 7.82 Å². The highest BCUT2D eigenvalue weighted by atomic mass is 31.2. The van der Waals surface area contributed by atoms with Crippen molar-refractivity contribution in [1.29, 1.82) is 0 Å². The van der Waals surface area contributed by atoms with Gasteiger partial charge in [0.15, 0.2) is 0 Å². The summed E-state index contributed by atoms with van der Waals surface area (Å²) in [4.78, 5) is 0. The smallest absolute Gasteiger partial charge is 0.382 e. The first kappa shape index (κ1) is 21.0. The number of benzene rings is 1. The lowest BCUT2D eigenvalue weighted by molar-refractivity contribution is 0.0159. The van der Waals surface area contributed by atoms with Gasteiger partial charge in [0.1, 0.15) is 0 Å². The molecule has 1 atom stereocenters. The summed E-state index contributed by atoms with van der Waals surface area (Å²) in [6.45, 7) is 4.98. The van der Waals surface area contributed by atoms with E-state index in [0.717, 1.165) is 5.56 Å². The molecule has 0 aliphatic heterocycles. The molecule has 0 spiro atoms. The molecule has 6 nitrogen and oxygen atoms in total. The van der Waals surface area contributed by atoms with E-state index in [2.05, 4.69) is 0 Å². The van der Waals surface area contributed by atoms with Crippen LogP contribution in [-0.2, 0) is 34.2 Å². The van der Waals surface area contributed by atoms with E-state index in [-0.39, 0.29) is 25.9 Å². The van der Waals surface area contributed by atoms with E-state index in [1.165, 1.54) is 0 Å². The van der Waals surface area contributed by atoms with Crippen molar-refractivity contribution >= 4 is 7.82 Å². The fourth-order valence-electron chi connectivity index (χ4n) is 1.87. The van der Waals surface area contributed by atoms with E-state index in [4.69, 9.17) is 23.0 Å². The van der Waals surface area contributed by atoms with Crippen LogP contribution in [0.2, 0.25) is 0 Å². The molecule has 0 saturated heterocycles. The molecule has 1 aromatic rings. The summed E-state index contributed by atoms with van der Waals surface area (Å²) >= 11 is 0. The van der Waals surface area contributed by atoms with Crippen molar-refractivity contribution in [3.05, 3.63) is 48.0 Å². The Balaban J connectivity index is 2.45. The van der Waals surface area contributed by atoms with Gasteiger partial charge < -0.3 is 9.47 Å². The number of hydrogen-bond acceptors (Lipinski definition) is 6. The lowest BCUT2D eigenvalue weighted by atomic mass is 10.2. The third kappa shape index (κ3) is 8.73. The summed E-state index contributed by atoms with van der Waals surface area (Å²) < 4.78 is 38.4. The summed E-state index contributed by atoms with van der Waals surface area (Å²) in [5.41, 5.74) is 1.08. The van der Waals surface area contributed by atoms with Gasteiger partial charge in [-0.1, -0.05) is 42.5 Å². The summed E-state index contributed by atoms with van der Waals surface area (Å²) in [6.07, 6.45) is 3.31. The summed E-state index contributed by atoms with van der Waals surface area (Å²) in [5, 5.41) is 0. The Bertz CT molecular complexity index is 495. The first-order valence-corrected chi connectivity index (χ1v) is 9.44. The maximum absolute atomic E-state index is 12.1. The molecule has 0 heterocycles. The van der Waals surface area contributed by atoms with Crippen LogP contribution in [0.25, 0.3) is 0 Å². The van der Waals surface area contributed by atoms with Crippen LogP contribution in [-0.4, -0.2) is 39.6 Å². The van der Waals surface area contributed by atoms with Crippen molar-refractivity contribution < 1.29 is 27.6 Å². The van der Waals surface area contributed by atoms with Crippen LogP contribution in [0.4, 0.5) is 0 Å². The summed E-state index contributed by atoms with van der Waals surface area (Å²) in [7, 11) is -1.87. The molecule has 0 bridgehead atoms. The van der Waals surface area contributed by atoms with Gasteiger partial charge in [-0.05, 0) is 19.4 Å². The molecule has 0 aliphatic carbocycles. The zero-order valence-corrected chi connectivity index (χ0v) is 15.4. The van der Waals surface area contributed by atoms with E-state index in [1.54, 1.807) is 27.0 Å². The van der Waals surface area contributed by atoms with Gasteiger partial charge in [0, 0.05) is 7.11 Å². The highest BCUT2D eigenvalue weighted by Gasteiger charge is 2.24. The van der Waals surface area contributed by atoms with Crippen LogP contribution in [0.3, 0.4) is 0 Å². The SMILES string of the molecule is CCOP(=O)(OCC)OC/C=C\[C@@H](COC)OCc1ccccc1. The van der Waals surface area contributed by atoms with Crippen molar-refractivity contribution in [3.63, 3.8) is 0 Å². The van der Waals surface area contributed by atoms with Crippen LogP contribution < -0.4 is 0 Å². The third-order valence-electron chi connectivity index (χ3n) is 2.89. The molecule has 0 N–H and O–H groups in total. The van der Waals surface area contributed by atoms with E-state index in [1.807, 2.05) is 36.4 Å². The van der Waals surface area contributed by atoms with Gasteiger partial charge in [-0.25, -0.2) is 4.57 Å². The quantitative estimate of drug-likeness (QED) is 0.393. The second-order valence-corrected chi connectivity index (χ2v) is 6.47. The maximum atomic E-state index is 12.1. The first-order chi connectivity index (χ1) is 11.6. The van der Waals surface area contributed by atoms with E-state index in [9.17, 15) is 4.57 Å². The van der Waals surface area contributed by atoms with Crippen molar-refractivity contribution in [3.8, 4) is 0 Å². The van der Waals surface area contributed by atoms with Gasteiger partial charge in [-0.15, -0.1) is 0 Å². The average Bonchev–Trinajstić information content (AvgIpc) is 2.58. The lowest BCUT2D eigenvalue weighted by Crippen LogP contribution is -2.16. The van der Waals surface area contributed by atoms with Gasteiger partial charge in [-0.3, -0.25) is 13.6 Å². The third-order valence-corrected chi connectivity index (χ3v) is 4.51. The van der Waals surface area contributed by atoms with Crippen molar-refractivity contribution in [2.45, 2.75) is 26.6 Å². The molecule has 0 radical (unpaired) electrons. The normalized spacial score (nSPS) is 13.5. The first-order valence-electron chi connectivity index (χ1n) is 7.98. The predicted molar refractivity (Wildman–Crippen MR) is 92.8 cm³/mol. The van der Waals surface area contributed by atoms with Crippen molar-refractivity contribution in [2.75, 3.05) is 33.5 Å².